The molecule has 4 amide bonds. The summed E-state index contributed by atoms with van der Waals surface area (Å²) in [7, 11) is 0. The standard InChI is InChI=1S/C24H29N3O6/c28-21-8-7-20(22(29)25-21)27-23(30)18-6-5-16(11-19(18)24(27)31)26-12-17(13-26)33-10-2-1-9-32-14-15-3-4-15/h5-6,11,15,17,20H,1-4,7-10,12-14H2,(H,25,28,29). The maximum atomic E-state index is 13.0. The van der Waals surface area contributed by atoms with Gasteiger partial charge in [0.15, 0.2) is 0 Å². The van der Waals surface area contributed by atoms with Gasteiger partial charge in [-0.3, -0.25) is 29.4 Å². The largest absolute Gasteiger partial charge is 0.381 e. The summed E-state index contributed by atoms with van der Waals surface area (Å²) in [6.45, 7) is 3.88. The molecule has 9 nitrogen and oxygen atoms in total. The molecule has 1 aromatic carbocycles. The third-order valence-electron chi connectivity index (χ3n) is 6.72. The van der Waals surface area contributed by atoms with Crippen LogP contribution in [0.5, 0.6) is 0 Å². The predicted molar refractivity (Wildman–Crippen MR) is 118 cm³/mol. The second-order valence-electron chi connectivity index (χ2n) is 9.30. The molecule has 33 heavy (non-hydrogen) atoms. The van der Waals surface area contributed by atoms with Crippen LogP contribution in [-0.2, 0) is 19.1 Å². The Morgan fingerprint density at radius 3 is 2.45 bits per heavy atom. The van der Waals surface area contributed by atoms with Gasteiger partial charge in [-0.05, 0) is 56.2 Å². The van der Waals surface area contributed by atoms with Gasteiger partial charge < -0.3 is 14.4 Å². The van der Waals surface area contributed by atoms with Gasteiger partial charge in [-0.2, -0.15) is 0 Å². The molecule has 1 N–H and O–H groups in total. The van der Waals surface area contributed by atoms with Crippen molar-refractivity contribution in [2.24, 2.45) is 5.92 Å². The molecule has 0 bridgehead atoms. The molecule has 2 saturated heterocycles. The summed E-state index contributed by atoms with van der Waals surface area (Å²) in [4.78, 5) is 52.4. The normalized spacial score (nSPS) is 23.1. The summed E-state index contributed by atoms with van der Waals surface area (Å²) in [6.07, 6.45) is 5.03. The highest BCUT2D eigenvalue weighted by Gasteiger charge is 2.45. The first-order chi connectivity index (χ1) is 16.0. The first kappa shape index (κ1) is 22.0. The number of carbonyl (C=O) groups is 4. The van der Waals surface area contributed by atoms with Crippen LogP contribution in [0.2, 0.25) is 0 Å². The Balaban J connectivity index is 1.10. The van der Waals surface area contributed by atoms with Gasteiger partial charge >= 0.3 is 0 Å². The zero-order chi connectivity index (χ0) is 22.9. The highest BCUT2D eigenvalue weighted by atomic mass is 16.5. The van der Waals surface area contributed by atoms with E-state index in [1.54, 1.807) is 12.1 Å². The Bertz CT molecular complexity index is 969. The second-order valence-corrected chi connectivity index (χ2v) is 9.30. The number of amides is 4. The fourth-order valence-corrected chi connectivity index (χ4v) is 4.50. The molecule has 1 aromatic rings. The monoisotopic (exact) mass is 455 g/mol. The fourth-order valence-electron chi connectivity index (χ4n) is 4.50. The maximum Gasteiger partial charge on any atom is 0.262 e. The van der Waals surface area contributed by atoms with Gasteiger partial charge in [0.1, 0.15) is 6.04 Å². The second kappa shape index (κ2) is 9.23. The number of anilines is 1. The number of nitrogens with zero attached hydrogens (tertiary/aromatic N) is 2. The van der Waals surface area contributed by atoms with E-state index >= 15 is 0 Å². The number of imide groups is 2. The smallest absolute Gasteiger partial charge is 0.262 e. The average molecular weight is 456 g/mol. The molecule has 0 aromatic heterocycles. The lowest BCUT2D eigenvalue weighted by molar-refractivity contribution is -0.136. The van der Waals surface area contributed by atoms with E-state index in [-0.39, 0.29) is 24.9 Å². The fraction of sp³-hybridized carbons (Fsp3) is 0.583. The minimum Gasteiger partial charge on any atom is -0.381 e. The van der Waals surface area contributed by atoms with Crippen LogP contribution < -0.4 is 10.2 Å². The van der Waals surface area contributed by atoms with Crippen LogP contribution in [0, 0.1) is 5.92 Å². The topological polar surface area (TPSA) is 105 Å². The van der Waals surface area contributed by atoms with Gasteiger partial charge in [0.05, 0.1) is 17.2 Å². The van der Waals surface area contributed by atoms with Crippen LogP contribution in [0.15, 0.2) is 18.2 Å². The minimum atomic E-state index is -0.945. The third-order valence-corrected chi connectivity index (χ3v) is 6.72. The van der Waals surface area contributed by atoms with Crippen molar-refractivity contribution >= 4 is 29.3 Å². The number of rotatable bonds is 10. The van der Waals surface area contributed by atoms with E-state index in [9.17, 15) is 19.2 Å². The Morgan fingerprint density at radius 2 is 1.70 bits per heavy atom. The van der Waals surface area contributed by atoms with Crippen molar-refractivity contribution in [1.82, 2.24) is 10.2 Å². The first-order valence-electron chi connectivity index (χ1n) is 11.8. The number of fused-ring (bicyclic) bond motifs is 1. The summed E-state index contributed by atoms with van der Waals surface area (Å²) < 4.78 is 11.6. The Hall–Kier alpha value is -2.78. The van der Waals surface area contributed by atoms with E-state index in [0.29, 0.717) is 17.7 Å². The van der Waals surface area contributed by atoms with E-state index in [1.807, 2.05) is 6.07 Å². The number of ether oxygens (including phenoxy) is 2. The highest BCUT2D eigenvalue weighted by Crippen LogP contribution is 2.32. The number of nitrogens with one attached hydrogen (secondary N) is 1. The maximum absolute atomic E-state index is 13.0. The van der Waals surface area contributed by atoms with E-state index in [4.69, 9.17) is 9.47 Å². The molecule has 4 aliphatic rings. The molecule has 1 atom stereocenters. The van der Waals surface area contributed by atoms with E-state index in [1.165, 1.54) is 12.8 Å². The molecule has 3 fully saturated rings. The van der Waals surface area contributed by atoms with Crippen molar-refractivity contribution in [3.8, 4) is 0 Å². The third kappa shape index (κ3) is 4.65. The van der Waals surface area contributed by atoms with E-state index in [0.717, 1.165) is 55.7 Å². The van der Waals surface area contributed by atoms with Gasteiger partial charge in [0, 0.05) is 45.0 Å². The van der Waals surface area contributed by atoms with Gasteiger partial charge in [-0.25, -0.2) is 0 Å². The lowest BCUT2D eigenvalue weighted by Gasteiger charge is -2.40. The van der Waals surface area contributed by atoms with Crippen molar-refractivity contribution in [3.63, 3.8) is 0 Å². The van der Waals surface area contributed by atoms with Crippen LogP contribution in [0.3, 0.4) is 0 Å². The van der Waals surface area contributed by atoms with Crippen LogP contribution in [0.4, 0.5) is 5.69 Å². The van der Waals surface area contributed by atoms with Gasteiger partial charge in [-0.15, -0.1) is 0 Å². The summed E-state index contributed by atoms with van der Waals surface area (Å²) in [5.41, 5.74) is 1.46. The van der Waals surface area contributed by atoms with Gasteiger partial charge in [0.25, 0.3) is 11.8 Å². The summed E-state index contributed by atoms with van der Waals surface area (Å²) >= 11 is 0. The van der Waals surface area contributed by atoms with E-state index in [2.05, 4.69) is 10.2 Å². The van der Waals surface area contributed by atoms with Gasteiger partial charge in [-0.1, -0.05) is 0 Å². The van der Waals surface area contributed by atoms with Crippen molar-refractivity contribution < 1.29 is 28.7 Å². The molecule has 3 aliphatic heterocycles. The minimum absolute atomic E-state index is 0.109. The molecular weight excluding hydrogens is 426 g/mol. The van der Waals surface area contributed by atoms with Crippen LogP contribution in [-0.4, -0.2) is 73.6 Å². The molecule has 0 radical (unpaired) electrons. The SMILES string of the molecule is O=C1CCC(N2C(=O)c3ccc(N4CC(OCCCCOCC5CC5)C4)cc3C2=O)C(=O)N1. The molecule has 1 saturated carbocycles. The van der Waals surface area contributed by atoms with Crippen LogP contribution >= 0.6 is 0 Å². The van der Waals surface area contributed by atoms with Crippen molar-refractivity contribution in [1.29, 1.82) is 0 Å². The average Bonchev–Trinajstić information content (AvgIpc) is 3.56. The number of benzene rings is 1. The number of carbonyl (C=O) groups excluding carboxylic acids is 4. The Kier molecular flexibility index (Phi) is 6.16. The lowest BCUT2D eigenvalue weighted by Crippen LogP contribution is -2.54. The first-order valence-corrected chi connectivity index (χ1v) is 11.8. The number of piperidine rings is 1. The molecular formula is C24H29N3O6. The quantitative estimate of drug-likeness (QED) is 0.421. The molecule has 176 valence electrons. The molecule has 0 spiro atoms. The molecule has 1 aliphatic carbocycles. The summed E-state index contributed by atoms with van der Waals surface area (Å²) in [5, 5.41) is 2.21. The number of hydrogen-bond acceptors (Lipinski definition) is 7. The Labute approximate surface area is 192 Å². The molecule has 1 unspecified atom stereocenters. The predicted octanol–water partition coefficient (Wildman–Crippen LogP) is 1.50. The van der Waals surface area contributed by atoms with Gasteiger partial charge in [0.2, 0.25) is 11.8 Å². The lowest BCUT2D eigenvalue weighted by atomic mass is 10.0. The highest BCUT2D eigenvalue weighted by molar-refractivity contribution is 6.23. The van der Waals surface area contributed by atoms with Crippen molar-refractivity contribution in [3.05, 3.63) is 29.3 Å². The summed E-state index contributed by atoms with van der Waals surface area (Å²) in [6, 6.07) is 4.24. The van der Waals surface area contributed by atoms with Crippen LogP contribution in [0.25, 0.3) is 0 Å². The van der Waals surface area contributed by atoms with Crippen molar-refractivity contribution in [2.75, 3.05) is 37.8 Å². The summed E-state index contributed by atoms with van der Waals surface area (Å²) in [5.74, 6) is -1.15. The molecule has 5 rings (SSSR count). The van der Waals surface area contributed by atoms with Crippen LogP contribution in [0.1, 0.15) is 59.2 Å². The number of unbranched alkanes of at least 4 members (excludes halogenated alkanes) is 1. The zero-order valence-electron chi connectivity index (χ0n) is 18.6. The van der Waals surface area contributed by atoms with E-state index < -0.39 is 23.8 Å². The number of hydrogen-bond donors (Lipinski definition) is 1. The molecule has 3 heterocycles. The van der Waals surface area contributed by atoms with Crippen molar-refractivity contribution in [2.45, 2.75) is 50.7 Å². The molecule has 9 heteroatoms. The zero-order valence-corrected chi connectivity index (χ0v) is 18.6. The Morgan fingerprint density at radius 1 is 0.939 bits per heavy atom.